The summed E-state index contributed by atoms with van der Waals surface area (Å²) < 4.78 is 0.894. The number of benzene rings is 2. The maximum Gasteiger partial charge on any atom is 0.145 e. The van der Waals surface area contributed by atoms with Crippen LogP contribution in [0.25, 0.3) is 10.8 Å². The van der Waals surface area contributed by atoms with Gasteiger partial charge in [0.05, 0.1) is 16.4 Å². The van der Waals surface area contributed by atoms with Gasteiger partial charge < -0.3 is 11.1 Å². The van der Waals surface area contributed by atoms with Crippen molar-refractivity contribution in [3.8, 4) is 0 Å². The minimum absolute atomic E-state index is 0.681. The van der Waals surface area contributed by atoms with Crippen LogP contribution < -0.4 is 11.1 Å². The summed E-state index contributed by atoms with van der Waals surface area (Å²) in [5.74, 6) is 0.770. The van der Waals surface area contributed by atoms with Gasteiger partial charge in [-0.1, -0.05) is 30.3 Å². The molecule has 3 aromatic rings. The number of fused-ring (bicyclic) bond motifs is 1. The number of rotatable bonds is 2. The summed E-state index contributed by atoms with van der Waals surface area (Å²) in [4.78, 5) is 4.33. The van der Waals surface area contributed by atoms with Crippen LogP contribution in [0.1, 0.15) is 5.56 Å². The highest BCUT2D eigenvalue weighted by Gasteiger charge is 2.07. The van der Waals surface area contributed by atoms with Crippen molar-refractivity contribution in [3.63, 3.8) is 0 Å². The van der Waals surface area contributed by atoms with Crippen molar-refractivity contribution in [1.29, 1.82) is 0 Å². The average Bonchev–Trinajstić information content (AvgIpc) is 2.48. The molecule has 1 aromatic heterocycles. The third kappa shape index (κ3) is 2.34. The second-order valence-electron chi connectivity index (χ2n) is 4.69. The van der Waals surface area contributed by atoms with Crippen molar-refractivity contribution in [2.45, 2.75) is 6.92 Å². The summed E-state index contributed by atoms with van der Waals surface area (Å²) in [5, 5.41) is 5.73. The van der Waals surface area contributed by atoms with Crippen LogP contribution in [0.3, 0.4) is 0 Å². The third-order valence-electron chi connectivity index (χ3n) is 3.32. The maximum absolute atomic E-state index is 5.84. The molecule has 0 aliphatic rings. The zero-order chi connectivity index (χ0) is 14.1. The second kappa shape index (κ2) is 5.13. The number of hydrogen-bond donors (Lipinski definition) is 2. The minimum Gasteiger partial charge on any atom is -0.397 e. The Labute approximate surface area is 126 Å². The van der Waals surface area contributed by atoms with E-state index in [4.69, 9.17) is 5.73 Å². The van der Waals surface area contributed by atoms with Gasteiger partial charge in [-0.25, -0.2) is 4.98 Å². The minimum atomic E-state index is 0.681. The topological polar surface area (TPSA) is 50.9 Å². The lowest BCUT2D eigenvalue weighted by Gasteiger charge is -2.11. The molecule has 0 saturated heterocycles. The molecule has 20 heavy (non-hydrogen) atoms. The fourth-order valence-corrected chi connectivity index (χ4v) is 2.51. The lowest BCUT2D eigenvalue weighted by atomic mass is 10.1. The van der Waals surface area contributed by atoms with E-state index in [1.54, 1.807) is 6.20 Å². The van der Waals surface area contributed by atoms with E-state index in [1.807, 2.05) is 25.1 Å². The highest BCUT2D eigenvalue weighted by atomic mass is 79.9. The van der Waals surface area contributed by atoms with Gasteiger partial charge in [-0.15, -0.1) is 0 Å². The van der Waals surface area contributed by atoms with Crippen LogP contribution >= 0.6 is 15.9 Å². The van der Waals surface area contributed by atoms with Crippen molar-refractivity contribution in [2.75, 3.05) is 11.1 Å². The number of nitrogens with two attached hydrogens (primary N) is 1. The Hall–Kier alpha value is -2.07. The normalized spacial score (nSPS) is 10.7. The number of nitrogen functional groups attached to an aromatic ring is 1. The standard InChI is InChI=1S/C16H14BrN3/c1-10-14(18)9-19-16(15(10)17)20-13-7-6-11-4-2-3-5-12(11)8-13/h2-9H,18H2,1H3,(H,19,20). The van der Waals surface area contributed by atoms with E-state index in [0.29, 0.717) is 5.69 Å². The summed E-state index contributed by atoms with van der Waals surface area (Å²) in [6.45, 7) is 1.96. The highest BCUT2D eigenvalue weighted by molar-refractivity contribution is 9.10. The number of anilines is 3. The number of nitrogens with one attached hydrogen (secondary N) is 1. The summed E-state index contributed by atoms with van der Waals surface area (Å²) in [7, 11) is 0. The Balaban J connectivity index is 1.99. The predicted molar refractivity (Wildman–Crippen MR) is 88.3 cm³/mol. The van der Waals surface area contributed by atoms with Gasteiger partial charge in [-0.05, 0) is 51.3 Å². The second-order valence-corrected chi connectivity index (χ2v) is 5.48. The molecule has 0 bridgehead atoms. The van der Waals surface area contributed by atoms with Crippen molar-refractivity contribution in [1.82, 2.24) is 4.98 Å². The van der Waals surface area contributed by atoms with E-state index in [-0.39, 0.29) is 0 Å². The van der Waals surface area contributed by atoms with E-state index in [9.17, 15) is 0 Å². The molecule has 1 heterocycles. The fourth-order valence-electron chi connectivity index (χ4n) is 2.08. The van der Waals surface area contributed by atoms with Gasteiger partial charge in [0.15, 0.2) is 0 Å². The van der Waals surface area contributed by atoms with E-state index in [0.717, 1.165) is 21.5 Å². The maximum atomic E-state index is 5.84. The zero-order valence-electron chi connectivity index (χ0n) is 11.0. The Kier molecular flexibility index (Phi) is 3.32. The summed E-state index contributed by atoms with van der Waals surface area (Å²) in [6, 6.07) is 14.5. The fraction of sp³-hybridized carbons (Fsp3) is 0.0625. The van der Waals surface area contributed by atoms with Gasteiger partial charge >= 0.3 is 0 Å². The van der Waals surface area contributed by atoms with Crippen molar-refractivity contribution in [2.24, 2.45) is 0 Å². The van der Waals surface area contributed by atoms with Crippen LogP contribution in [0.5, 0.6) is 0 Å². The number of pyridine rings is 1. The first-order valence-corrected chi connectivity index (χ1v) is 7.11. The first-order chi connectivity index (χ1) is 9.65. The smallest absolute Gasteiger partial charge is 0.145 e. The molecular formula is C16H14BrN3. The molecular weight excluding hydrogens is 314 g/mol. The molecule has 0 saturated carbocycles. The van der Waals surface area contributed by atoms with Crippen molar-refractivity contribution < 1.29 is 0 Å². The number of aromatic nitrogens is 1. The molecule has 0 amide bonds. The SMILES string of the molecule is Cc1c(N)cnc(Nc2ccc3ccccc3c2)c1Br. The summed E-state index contributed by atoms with van der Waals surface area (Å²) in [6.07, 6.45) is 1.67. The molecule has 0 unspecified atom stereocenters. The lowest BCUT2D eigenvalue weighted by molar-refractivity contribution is 1.26. The predicted octanol–water partition coefficient (Wildman–Crippen LogP) is 4.63. The number of nitrogens with zero attached hydrogens (tertiary/aromatic N) is 1. The Morgan fingerprint density at radius 2 is 1.85 bits per heavy atom. The summed E-state index contributed by atoms with van der Waals surface area (Å²) >= 11 is 3.53. The highest BCUT2D eigenvalue weighted by Crippen LogP contribution is 2.30. The average molecular weight is 328 g/mol. The van der Waals surface area contributed by atoms with E-state index in [2.05, 4.69) is 50.5 Å². The molecule has 0 spiro atoms. The van der Waals surface area contributed by atoms with Gasteiger partial charge in [-0.2, -0.15) is 0 Å². The molecule has 3 nitrogen and oxygen atoms in total. The molecule has 0 radical (unpaired) electrons. The Bertz CT molecular complexity index is 784. The van der Waals surface area contributed by atoms with Crippen LogP contribution in [0.4, 0.5) is 17.2 Å². The summed E-state index contributed by atoms with van der Waals surface area (Å²) in [5.41, 5.74) is 8.51. The first kappa shape index (κ1) is 12.9. The first-order valence-electron chi connectivity index (χ1n) is 6.31. The molecule has 0 fully saturated rings. The Morgan fingerprint density at radius 3 is 2.65 bits per heavy atom. The van der Waals surface area contributed by atoms with Crippen LogP contribution in [-0.2, 0) is 0 Å². The zero-order valence-corrected chi connectivity index (χ0v) is 12.6. The molecule has 0 atom stereocenters. The van der Waals surface area contributed by atoms with Crippen molar-refractivity contribution >= 4 is 43.9 Å². The monoisotopic (exact) mass is 327 g/mol. The number of halogens is 1. The molecule has 4 heteroatoms. The van der Waals surface area contributed by atoms with E-state index in [1.165, 1.54) is 10.8 Å². The van der Waals surface area contributed by atoms with Crippen molar-refractivity contribution in [3.05, 3.63) is 58.7 Å². The number of hydrogen-bond acceptors (Lipinski definition) is 3. The van der Waals surface area contributed by atoms with E-state index < -0.39 is 0 Å². The van der Waals surface area contributed by atoms with Gasteiger partial charge in [0.25, 0.3) is 0 Å². The van der Waals surface area contributed by atoms with E-state index >= 15 is 0 Å². The molecule has 3 rings (SSSR count). The van der Waals surface area contributed by atoms with Crippen LogP contribution in [-0.4, -0.2) is 4.98 Å². The molecule has 0 aliphatic carbocycles. The van der Waals surface area contributed by atoms with Crippen LogP contribution in [0.2, 0.25) is 0 Å². The largest absolute Gasteiger partial charge is 0.397 e. The molecule has 100 valence electrons. The van der Waals surface area contributed by atoms with Gasteiger partial charge in [0, 0.05) is 5.69 Å². The Morgan fingerprint density at radius 1 is 1.10 bits per heavy atom. The van der Waals surface area contributed by atoms with Crippen LogP contribution in [0, 0.1) is 6.92 Å². The van der Waals surface area contributed by atoms with Gasteiger partial charge in [0.2, 0.25) is 0 Å². The quantitative estimate of drug-likeness (QED) is 0.721. The van der Waals surface area contributed by atoms with Crippen LogP contribution in [0.15, 0.2) is 53.1 Å². The molecule has 0 aliphatic heterocycles. The lowest BCUT2D eigenvalue weighted by Crippen LogP contribution is -1.99. The van der Waals surface area contributed by atoms with Gasteiger partial charge in [-0.3, -0.25) is 0 Å². The molecule has 2 aromatic carbocycles. The van der Waals surface area contributed by atoms with Gasteiger partial charge in [0.1, 0.15) is 5.82 Å². The molecule has 3 N–H and O–H groups in total. The third-order valence-corrected chi connectivity index (χ3v) is 4.29.